The number of hydrogen-bond acceptors (Lipinski definition) is 5. The second kappa shape index (κ2) is 5.76. The van der Waals surface area contributed by atoms with Gasteiger partial charge in [-0.25, -0.2) is 9.97 Å². The van der Waals surface area contributed by atoms with E-state index in [0.717, 1.165) is 16.6 Å². The summed E-state index contributed by atoms with van der Waals surface area (Å²) in [7, 11) is 0. The van der Waals surface area contributed by atoms with Gasteiger partial charge in [0.1, 0.15) is 5.75 Å². The number of fused-ring (bicyclic) bond motifs is 1. The maximum Gasteiger partial charge on any atom is 0.263 e. The van der Waals surface area contributed by atoms with Crippen molar-refractivity contribution < 1.29 is 9.84 Å². The van der Waals surface area contributed by atoms with E-state index < -0.39 is 0 Å². The van der Waals surface area contributed by atoms with Crippen molar-refractivity contribution in [3.8, 4) is 11.6 Å². The van der Waals surface area contributed by atoms with E-state index in [2.05, 4.69) is 9.97 Å². The highest BCUT2D eigenvalue weighted by molar-refractivity contribution is 5.76. The van der Waals surface area contributed by atoms with Crippen LogP contribution in [0.15, 0.2) is 48.5 Å². The number of aliphatic hydroxyl groups is 1. The molecule has 0 radical (unpaired) electrons. The Morgan fingerprint density at radius 3 is 2.29 bits per heavy atom. The number of aliphatic hydroxyl groups excluding tert-OH is 1. The molecule has 0 bridgehead atoms. The van der Waals surface area contributed by atoms with E-state index in [9.17, 15) is 0 Å². The first-order valence-electron chi connectivity index (χ1n) is 6.66. The molecule has 0 aliphatic heterocycles. The summed E-state index contributed by atoms with van der Waals surface area (Å²) in [6.07, 6.45) is 0.623. The zero-order valence-corrected chi connectivity index (χ0v) is 11.4. The van der Waals surface area contributed by atoms with Gasteiger partial charge in [0.05, 0.1) is 11.0 Å². The number of rotatable bonds is 4. The molecule has 0 amide bonds. The minimum Gasteiger partial charge on any atom is -0.436 e. The third kappa shape index (κ3) is 2.93. The molecule has 3 aromatic rings. The van der Waals surface area contributed by atoms with Crippen LogP contribution in [-0.2, 0) is 6.42 Å². The van der Waals surface area contributed by atoms with Crippen LogP contribution in [0, 0.1) is 0 Å². The molecule has 5 nitrogen and oxygen atoms in total. The fourth-order valence-corrected chi connectivity index (χ4v) is 2.04. The van der Waals surface area contributed by atoms with Crippen molar-refractivity contribution >= 4 is 16.9 Å². The number of para-hydroxylation sites is 2. The topological polar surface area (TPSA) is 81.3 Å². The molecule has 21 heavy (non-hydrogen) atoms. The smallest absolute Gasteiger partial charge is 0.263 e. The molecule has 0 aliphatic carbocycles. The SMILES string of the molecule is Nc1nc2ccccc2nc1Oc1ccc(CCO)cc1. The van der Waals surface area contributed by atoms with Crippen LogP contribution in [0.4, 0.5) is 5.82 Å². The summed E-state index contributed by atoms with van der Waals surface area (Å²) >= 11 is 0. The molecule has 0 unspecified atom stereocenters. The Labute approximate surface area is 122 Å². The quantitative estimate of drug-likeness (QED) is 0.768. The van der Waals surface area contributed by atoms with Crippen LogP contribution in [0.2, 0.25) is 0 Å². The van der Waals surface area contributed by atoms with Gasteiger partial charge in [-0.15, -0.1) is 0 Å². The fourth-order valence-electron chi connectivity index (χ4n) is 2.04. The summed E-state index contributed by atoms with van der Waals surface area (Å²) in [6, 6.07) is 14.9. The van der Waals surface area contributed by atoms with Gasteiger partial charge in [0.15, 0.2) is 5.82 Å². The lowest BCUT2D eigenvalue weighted by Crippen LogP contribution is -1.99. The van der Waals surface area contributed by atoms with E-state index in [-0.39, 0.29) is 12.4 Å². The predicted octanol–water partition coefficient (Wildman–Crippen LogP) is 2.54. The average molecular weight is 281 g/mol. The molecule has 0 saturated carbocycles. The average Bonchev–Trinajstić information content (AvgIpc) is 2.50. The Morgan fingerprint density at radius 2 is 1.62 bits per heavy atom. The Bertz CT molecular complexity index is 757. The zero-order chi connectivity index (χ0) is 14.7. The van der Waals surface area contributed by atoms with E-state index in [1.807, 2.05) is 48.5 Å². The Morgan fingerprint density at radius 1 is 0.952 bits per heavy atom. The van der Waals surface area contributed by atoms with E-state index in [4.69, 9.17) is 15.6 Å². The van der Waals surface area contributed by atoms with Gasteiger partial charge in [-0.1, -0.05) is 24.3 Å². The molecule has 0 aliphatic rings. The largest absolute Gasteiger partial charge is 0.436 e. The van der Waals surface area contributed by atoms with Crippen LogP contribution in [-0.4, -0.2) is 21.7 Å². The van der Waals surface area contributed by atoms with Crippen LogP contribution in [0.25, 0.3) is 11.0 Å². The molecule has 1 heterocycles. The second-order valence-electron chi connectivity index (χ2n) is 4.62. The van der Waals surface area contributed by atoms with E-state index >= 15 is 0 Å². The first kappa shape index (κ1) is 13.3. The molecule has 0 atom stereocenters. The predicted molar refractivity (Wildman–Crippen MR) is 81.3 cm³/mol. The van der Waals surface area contributed by atoms with Gasteiger partial charge in [-0.2, -0.15) is 0 Å². The normalized spacial score (nSPS) is 10.7. The molecule has 0 spiro atoms. The molecular formula is C16H15N3O2. The van der Waals surface area contributed by atoms with Gasteiger partial charge in [0.2, 0.25) is 0 Å². The number of aromatic nitrogens is 2. The number of nitrogens with zero attached hydrogens (tertiary/aromatic N) is 2. The van der Waals surface area contributed by atoms with Gasteiger partial charge in [0, 0.05) is 6.61 Å². The molecule has 0 saturated heterocycles. The van der Waals surface area contributed by atoms with Crippen LogP contribution < -0.4 is 10.5 Å². The van der Waals surface area contributed by atoms with Gasteiger partial charge in [-0.3, -0.25) is 0 Å². The highest BCUT2D eigenvalue weighted by Crippen LogP contribution is 2.26. The lowest BCUT2D eigenvalue weighted by atomic mass is 10.1. The molecule has 5 heteroatoms. The minimum absolute atomic E-state index is 0.128. The van der Waals surface area contributed by atoms with Crippen molar-refractivity contribution in [1.82, 2.24) is 9.97 Å². The number of nitrogens with two attached hydrogens (primary N) is 1. The van der Waals surface area contributed by atoms with E-state index in [1.54, 1.807) is 0 Å². The Kier molecular flexibility index (Phi) is 3.66. The van der Waals surface area contributed by atoms with Crippen LogP contribution >= 0.6 is 0 Å². The van der Waals surface area contributed by atoms with Gasteiger partial charge in [0.25, 0.3) is 5.88 Å². The van der Waals surface area contributed by atoms with Crippen molar-refractivity contribution in [2.24, 2.45) is 0 Å². The lowest BCUT2D eigenvalue weighted by Gasteiger charge is -2.08. The maximum absolute atomic E-state index is 8.90. The van der Waals surface area contributed by atoms with Crippen molar-refractivity contribution in [1.29, 1.82) is 0 Å². The highest BCUT2D eigenvalue weighted by atomic mass is 16.5. The third-order valence-corrected chi connectivity index (χ3v) is 3.10. The van der Waals surface area contributed by atoms with Crippen LogP contribution in [0.1, 0.15) is 5.56 Å². The number of ether oxygens (including phenoxy) is 1. The number of hydrogen-bond donors (Lipinski definition) is 2. The Hall–Kier alpha value is -2.66. The van der Waals surface area contributed by atoms with Crippen molar-refractivity contribution in [3.63, 3.8) is 0 Å². The standard InChI is InChI=1S/C16H15N3O2/c17-15-16(19-14-4-2-1-3-13(14)18-15)21-12-7-5-11(6-8-12)9-10-20/h1-8,20H,9-10H2,(H2,17,18). The van der Waals surface area contributed by atoms with Crippen LogP contribution in [0.5, 0.6) is 11.6 Å². The fraction of sp³-hybridized carbons (Fsp3) is 0.125. The molecule has 2 aromatic carbocycles. The maximum atomic E-state index is 8.90. The van der Waals surface area contributed by atoms with Crippen molar-refractivity contribution in [2.75, 3.05) is 12.3 Å². The second-order valence-corrected chi connectivity index (χ2v) is 4.62. The zero-order valence-electron chi connectivity index (χ0n) is 11.4. The van der Waals surface area contributed by atoms with Gasteiger partial charge in [-0.05, 0) is 36.2 Å². The summed E-state index contributed by atoms with van der Waals surface area (Å²) in [5, 5.41) is 8.90. The molecule has 1 aromatic heterocycles. The monoisotopic (exact) mass is 281 g/mol. The highest BCUT2D eigenvalue weighted by Gasteiger charge is 2.08. The first-order chi connectivity index (χ1) is 10.3. The summed E-state index contributed by atoms with van der Waals surface area (Å²) in [6.45, 7) is 0.128. The van der Waals surface area contributed by atoms with E-state index in [0.29, 0.717) is 18.1 Å². The Balaban J connectivity index is 1.88. The molecule has 106 valence electrons. The van der Waals surface area contributed by atoms with Crippen molar-refractivity contribution in [3.05, 3.63) is 54.1 Å². The molecular weight excluding hydrogens is 266 g/mol. The summed E-state index contributed by atoms with van der Waals surface area (Å²) in [4.78, 5) is 8.66. The minimum atomic E-state index is 0.128. The summed E-state index contributed by atoms with van der Waals surface area (Å²) in [5.41, 5.74) is 8.40. The molecule has 0 fully saturated rings. The van der Waals surface area contributed by atoms with Gasteiger partial charge >= 0.3 is 0 Å². The van der Waals surface area contributed by atoms with Crippen molar-refractivity contribution in [2.45, 2.75) is 6.42 Å². The number of nitrogen functional groups attached to an aromatic ring is 1. The molecule has 3 rings (SSSR count). The van der Waals surface area contributed by atoms with Crippen LogP contribution in [0.3, 0.4) is 0 Å². The third-order valence-electron chi connectivity index (χ3n) is 3.10. The van der Waals surface area contributed by atoms with E-state index in [1.165, 1.54) is 0 Å². The molecule has 3 N–H and O–H groups in total. The summed E-state index contributed by atoms with van der Waals surface area (Å²) in [5.74, 6) is 1.18. The first-order valence-corrected chi connectivity index (χ1v) is 6.66. The van der Waals surface area contributed by atoms with Gasteiger partial charge < -0.3 is 15.6 Å². The number of benzene rings is 2. The lowest BCUT2D eigenvalue weighted by molar-refractivity contribution is 0.299. The number of anilines is 1. The summed E-state index contributed by atoms with van der Waals surface area (Å²) < 4.78 is 5.69.